The molecule has 11 heteroatoms. The SMILES string of the molecule is CSCCC(NC(=O)C(C)NC(=O)C(NC(=O)C(N)CO)C(C)C)C(=O)O. The lowest BCUT2D eigenvalue weighted by Crippen LogP contribution is -2.58. The van der Waals surface area contributed by atoms with Crippen LogP contribution in [0.1, 0.15) is 27.2 Å². The maximum Gasteiger partial charge on any atom is 0.326 e. The number of carboxylic acids is 1. The maximum atomic E-state index is 12.4. The van der Waals surface area contributed by atoms with Crippen LogP contribution in [0.15, 0.2) is 0 Å². The first-order valence-corrected chi connectivity index (χ1v) is 9.93. The van der Waals surface area contributed by atoms with Crippen LogP contribution in [0.3, 0.4) is 0 Å². The summed E-state index contributed by atoms with van der Waals surface area (Å²) in [4.78, 5) is 47.6. The molecule has 27 heavy (non-hydrogen) atoms. The zero-order valence-electron chi connectivity index (χ0n) is 16.0. The molecule has 0 aromatic heterocycles. The maximum absolute atomic E-state index is 12.4. The molecule has 0 rings (SSSR count). The molecule has 0 aliphatic heterocycles. The molecule has 0 bridgehead atoms. The average Bonchev–Trinajstić information content (AvgIpc) is 2.60. The number of amides is 3. The highest BCUT2D eigenvalue weighted by molar-refractivity contribution is 7.98. The molecule has 4 atom stereocenters. The summed E-state index contributed by atoms with van der Waals surface area (Å²) >= 11 is 1.46. The molecule has 156 valence electrons. The summed E-state index contributed by atoms with van der Waals surface area (Å²) in [5, 5.41) is 25.3. The van der Waals surface area contributed by atoms with Crippen LogP contribution < -0.4 is 21.7 Å². The fourth-order valence-corrected chi connectivity index (χ4v) is 2.51. The van der Waals surface area contributed by atoms with E-state index in [2.05, 4.69) is 16.0 Å². The fourth-order valence-electron chi connectivity index (χ4n) is 2.04. The zero-order chi connectivity index (χ0) is 21.1. The van der Waals surface area contributed by atoms with Crippen LogP contribution in [0.2, 0.25) is 0 Å². The van der Waals surface area contributed by atoms with Gasteiger partial charge in [0.25, 0.3) is 0 Å². The van der Waals surface area contributed by atoms with E-state index in [1.807, 2.05) is 6.26 Å². The van der Waals surface area contributed by atoms with Crippen molar-refractivity contribution in [2.45, 2.75) is 51.4 Å². The van der Waals surface area contributed by atoms with Crippen LogP contribution >= 0.6 is 11.8 Å². The molecule has 0 fully saturated rings. The number of aliphatic carboxylic acids is 1. The summed E-state index contributed by atoms with van der Waals surface area (Å²) in [6.45, 7) is 4.24. The fraction of sp³-hybridized carbons (Fsp3) is 0.750. The van der Waals surface area contributed by atoms with Crippen molar-refractivity contribution in [3.8, 4) is 0 Å². The van der Waals surface area contributed by atoms with Crippen molar-refractivity contribution < 1.29 is 29.4 Å². The van der Waals surface area contributed by atoms with Gasteiger partial charge in [-0.2, -0.15) is 11.8 Å². The molecular weight excluding hydrogens is 376 g/mol. The minimum absolute atomic E-state index is 0.257. The molecule has 0 aromatic rings. The van der Waals surface area contributed by atoms with Gasteiger partial charge < -0.3 is 31.9 Å². The van der Waals surface area contributed by atoms with Crippen LogP contribution in [0, 0.1) is 5.92 Å². The number of carbonyl (C=O) groups excluding carboxylic acids is 3. The van der Waals surface area contributed by atoms with Gasteiger partial charge in [-0.15, -0.1) is 0 Å². The van der Waals surface area contributed by atoms with Crippen LogP contribution in [-0.4, -0.2) is 76.7 Å². The highest BCUT2D eigenvalue weighted by Crippen LogP contribution is 2.04. The van der Waals surface area contributed by atoms with Gasteiger partial charge >= 0.3 is 5.97 Å². The van der Waals surface area contributed by atoms with Crippen molar-refractivity contribution in [2.75, 3.05) is 18.6 Å². The molecule has 0 saturated carbocycles. The Morgan fingerprint density at radius 3 is 2.04 bits per heavy atom. The summed E-state index contributed by atoms with van der Waals surface area (Å²) in [6, 6.07) is -4.17. The second-order valence-corrected chi connectivity index (χ2v) is 7.42. The molecule has 0 radical (unpaired) electrons. The average molecular weight is 407 g/mol. The number of aliphatic hydroxyl groups excluding tert-OH is 1. The number of thioether (sulfide) groups is 1. The van der Waals surface area contributed by atoms with Crippen molar-refractivity contribution in [3.63, 3.8) is 0 Å². The summed E-state index contributed by atoms with van der Waals surface area (Å²) in [5.41, 5.74) is 5.42. The molecular formula is C16H30N4O6S. The summed E-state index contributed by atoms with van der Waals surface area (Å²) < 4.78 is 0. The van der Waals surface area contributed by atoms with E-state index in [4.69, 9.17) is 15.9 Å². The number of hydrogen-bond acceptors (Lipinski definition) is 7. The molecule has 0 aliphatic rings. The first-order chi connectivity index (χ1) is 12.5. The lowest BCUT2D eigenvalue weighted by Gasteiger charge is -2.25. The minimum atomic E-state index is -1.16. The van der Waals surface area contributed by atoms with Gasteiger partial charge in [0.1, 0.15) is 24.2 Å². The number of nitrogens with one attached hydrogen (secondary N) is 3. The molecule has 10 nitrogen and oxygen atoms in total. The first-order valence-electron chi connectivity index (χ1n) is 8.54. The van der Waals surface area contributed by atoms with E-state index >= 15 is 0 Å². The van der Waals surface area contributed by atoms with Gasteiger partial charge in [0, 0.05) is 0 Å². The van der Waals surface area contributed by atoms with Crippen LogP contribution in [0.25, 0.3) is 0 Å². The smallest absolute Gasteiger partial charge is 0.326 e. The van der Waals surface area contributed by atoms with Crippen LogP contribution in [0.5, 0.6) is 0 Å². The monoisotopic (exact) mass is 406 g/mol. The predicted octanol–water partition coefficient (Wildman–Crippen LogP) is -1.73. The number of carboxylic acid groups (broad SMARTS) is 1. The van der Waals surface area contributed by atoms with Gasteiger partial charge in [-0.1, -0.05) is 13.8 Å². The number of nitrogens with two attached hydrogens (primary N) is 1. The van der Waals surface area contributed by atoms with E-state index in [-0.39, 0.29) is 12.3 Å². The van der Waals surface area contributed by atoms with Crippen molar-refractivity contribution in [3.05, 3.63) is 0 Å². The van der Waals surface area contributed by atoms with Gasteiger partial charge in [0.05, 0.1) is 6.61 Å². The third kappa shape index (κ3) is 9.07. The van der Waals surface area contributed by atoms with Crippen molar-refractivity contribution in [1.29, 1.82) is 0 Å². The van der Waals surface area contributed by atoms with Gasteiger partial charge in [0.2, 0.25) is 17.7 Å². The van der Waals surface area contributed by atoms with E-state index in [1.54, 1.807) is 13.8 Å². The summed E-state index contributed by atoms with van der Waals surface area (Å²) in [6.07, 6.45) is 2.08. The Morgan fingerprint density at radius 1 is 1.00 bits per heavy atom. The van der Waals surface area contributed by atoms with E-state index in [0.29, 0.717) is 5.75 Å². The zero-order valence-corrected chi connectivity index (χ0v) is 16.8. The third-order valence-corrected chi connectivity index (χ3v) is 4.40. The predicted molar refractivity (Wildman–Crippen MR) is 102 cm³/mol. The Balaban J connectivity index is 4.88. The Labute approximate surface area is 163 Å². The quantitative estimate of drug-likeness (QED) is 0.222. The van der Waals surface area contributed by atoms with Crippen molar-refractivity contribution in [1.82, 2.24) is 16.0 Å². The molecule has 0 aromatic carbocycles. The van der Waals surface area contributed by atoms with E-state index in [0.717, 1.165) is 0 Å². The molecule has 0 saturated heterocycles. The Hall–Kier alpha value is -1.85. The van der Waals surface area contributed by atoms with E-state index in [1.165, 1.54) is 18.7 Å². The van der Waals surface area contributed by atoms with Gasteiger partial charge in [-0.25, -0.2) is 4.79 Å². The van der Waals surface area contributed by atoms with E-state index in [9.17, 15) is 19.2 Å². The second kappa shape index (κ2) is 12.5. The van der Waals surface area contributed by atoms with Gasteiger partial charge in [-0.05, 0) is 31.3 Å². The van der Waals surface area contributed by atoms with E-state index < -0.39 is 54.5 Å². The molecule has 0 aliphatic carbocycles. The molecule has 3 amide bonds. The largest absolute Gasteiger partial charge is 0.480 e. The van der Waals surface area contributed by atoms with Gasteiger partial charge in [0.15, 0.2) is 0 Å². The number of rotatable bonds is 12. The lowest BCUT2D eigenvalue weighted by molar-refractivity contribution is -0.142. The highest BCUT2D eigenvalue weighted by Gasteiger charge is 2.29. The third-order valence-electron chi connectivity index (χ3n) is 3.76. The standard InChI is InChI=1S/C16H30N4O6S/c1-8(2)12(20-14(23)10(17)7-21)15(24)18-9(3)13(22)19-11(16(25)26)5-6-27-4/h8-12,21H,5-7,17H2,1-4H3,(H,18,24)(H,19,22)(H,20,23)(H,25,26). The molecule has 0 heterocycles. The Bertz CT molecular complexity index is 531. The topological polar surface area (TPSA) is 171 Å². The minimum Gasteiger partial charge on any atom is -0.480 e. The first kappa shape index (κ1) is 25.1. The number of aliphatic hydroxyl groups is 1. The Morgan fingerprint density at radius 2 is 1.59 bits per heavy atom. The molecule has 0 spiro atoms. The van der Waals surface area contributed by atoms with Gasteiger partial charge in [-0.3, -0.25) is 14.4 Å². The molecule has 7 N–H and O–H groups in total. The second-order valence-electron chi connectivity index (χ2n) is 6.43. The highest BCUT2D eigenvalue weighted by atomic mass is 32.2. The van der Waals surface area contributed by atoms with Crippen LogP contribution in [-0.2, 0) is 19.2 Å². The number of carbonyl (C=O) groups is 4. The summed E-state index contributed by atoms with van der Waals surface area (Å²) in [5.74, 6) is -2.83. The van der Waals surface area contributed by atoms with Crippen molar-refractivity contribution >= 4 is 35.5 Å². The normalized spacial score (nSPS) is 15.4. The Kier molecular flexibility index (Phi) is 11.7. The summed E-state index contributed by atoms with van der Waals surface area (Å²) in [7, 11) is 0. The number of hydrogen-bond donors (Lipinski definition) is 6. The molecule has 4 unspecified atom stereocenters. The lowest BCUT2D eigenvalue weighted by atomic mass is 10.0. The van der Waals surface area contributed by atoms with Crippen LogP contribution in [0.4, 0.5) is 0 Å². The van der Waals surface area contributed by atoms with Crippen molar-refractivity contribution in [2.24, 2.45) is 11.7 Å².